The van der Waals surface area contributed by atoms with Crippen molar-refractivity contribution in [2.75, 3.05) is 39.1 Å². The van der Waals surface area contributed by atoms with Gasteiger partial charge in [0.15, 0.2) is 0 Å². The van der Waals surface area contributed by atoms with Gasteiger partial charge in [-0.1, -0.05) is 12.1 Å². The fraction of sp³-hybridized carbons (Fsp3) is 0.381. The molecule has 0 saturated carbocycles. The maximum absolute atomic E-state index is 13.0. The molecule has 2 aromatic rings. The van der Waals surface area contributed by atoms with Crippen molar-refractivity contribution < 1.29 is 13.2 Å². The van der Waals surface area contributed by atoms with E-state index in [0.717, 1.165) is 24.1 Å². The van der Waals surface area contributed by atoms with Crippen molar-refractivity contribution in [1.29, 1.82) is 0 Å². The number of anilines is 1. The van der Waals surface area contributed by atoms with E-state index in [1.165, 1.54) is 10.4 Å². The van der Waals surface area contributed by atoms with Crippen LogP contribution in [0.25, 0.3) is 0 Å². The second-order valence-corrected chi connectivity index (χ2v) is 10.3. The van der Waals surface area contributed by atoms with Gasteiger partial charge < -0.3 is 9.80 Å². The highest BCUT2D eigenvalue weighted by Gasteiger charge is 2.28. The van der Waals surface area contributed by atoms with Crippen molar-refractivity contribution >= 4 is 37.5 Å². The van der Waals surface area contributed by atoms with Crippen LogP contribution in [0.4, 0.5) is 5.69 Å². The van der Waals surface area contributed by atoms with Gasteiger partial charge in [-0.15, -0.1) is 0 Å². The van der Waals surface area contributed by atoms with Crippen LogP contribution in [0, 0.1) is 0 Å². The van der Waals surface area contributed by atoms with Gasteiger partial charge in [0.1, 0.15) is 0 Å². The van der Waals surface area contributed by atoms with E-state index in [-0.39, 0.29) is 10.8 Å². The van der Waals surface area contributed by atoms with Gasteiger partial charge in [0.25, 0.3) is 5.91 Å². The Morgan fingerprint density at radius 2 is 1.66 bits per heavy atom. The smallest absolute Gasteiger partial charge is 0.255 e. The first-order valence-electron chi connectivity index (χ1n) is 9.51. The average molecular weight is 480 g/mol. The molecule has 0 aromatic heterocycles. The Labute approximate surface area is 181 Å². The van der Waals surface area contributed by atoms with Crippen LogP contribution in [-0.2, 0) is 16.6 Å². The molecule has 1 aliphatic rings. The van der Waals surface area contributed by atoms with Crippen LogP contribution >= 0.6 is 15.9 Å². The first-order chi connectivity index (χ1) is 13.7. The maximum atomic E-state index is 13.0. The second-order valence-electron chi connectivity index (χ2n) is 7.47. The number of hydrogen-bond donors (Lipinski definition) is 0. The minimum Gasteiger partial charge on any atom is -0.378 e. The summed E-state index contributed by atoms with van der Waals surface area (Å²) < 4.78 is 27.8. The van der Waals surface area contributed by atoms with Crippen LogP contribution in [0.3, 0.4) is 0 Å². The Morgan fingerprint density at radius 3 is 2.24 bits per heavy atom. The largest absolute Gasteiger partial charge is 0.378 e. The molecule has 2 aromatic carbocycles. The van der Waals surface area contributed by atoms with Gasteiger partial charge in [-0.2, -0.15) is 4.31 Å². The number of hydrogen-bond acceptors (Lipinski definition) is 4. The summed E-state index contributed by atoms with van der Waals surface area (Å²) in [6.07, 6.45) is 1.74. The molecular formula is C21H26BrN3O3S. The Bertz CT molecular complexity index is 985. The minimum absolute atomic E-state index is 0.162. The molecule has 1 fully saturated rings. The van der Waals surface area contributed by atoms with E-state index < -0.39 is 10.0 Å². The standard InChI is InChI=1S/C21H26BrN3O3S/c1-23(2)17-8-6-16(7-9-17)15-24(3)21(26)19-14-18(10-11-20(19)22)29(27,28)25-12-4-5-13-25/h6-11,14H,4-5,12-13,15H2,1-3H3. The van der Waals surface area contributed by atoms with E-state index in [1.807, 2.05) is 43.3 Å². The van der Waals surface area contributed by atoms with E-state index >= 15 is 0 Å². The highest BCUT2D eigenvalue weighted by Crippen LogP contribution is 2.26. The number of amides is 1. The Balaban J connectivity index is 1.80. The molecular weight excluding hydrogens is 454 g/mol. The lowest BCUT2D eigenvalue weighted by atomic mass is 10.1. The number of rotatable bonds is 6. The summed E-state index contributed by atoms with van der Waals surface area (Å²) in [6, 6.07) is 12.7. The van der Waals surface area contributed by atoms with Gasteiger partial charge >= 0.3 is 0 Å². The third-order valence-electron chi connectivity index (χ3n) is 5.09. The van der Waals surface area contributed by atoms with Crippen molar-refractivity contribution in [3.8, 4) is 0 Å². The molecule has 8 heteroatoms. The fourth-order valence-corrected chi connectivity index (χ4v) is 5.32. The third-order valence-corrected chi connectivity index (χ3v) is 7.68. The first-order valence-corrected chi connectivity index (χ1v) is 11.7. The van der Waals surface area contributed by atoms with Crippen LogP contribution < -0.4 is 4.90 Å². The van der Waals surface area contributed by atoms with E-state index in [0.29, 0.717) is 29.7 Å². The Kier molecular flexibility index (Phi) is 6.65. The molecule has 0 radical (unpaired) electrons. The molecule has 0 N–H and O–H groups in total. The summed E-state index contributed by atoms with van der Waals surface area (Å²) in [6.45, 7) is 1.50. The van der Waals surface area contributed by atoms with E-state index in [1.54, 1.807) is 24.1 Å². The number of carbonyl (C=O) groups excluding carboxylic acids is 1. The molecule has 1 amide bonds. The molecule has 0 bridgehead atoms. The molecule has 0 unspecified atom stereocenters. The summed E-state index contributed by atoms with van der Waals surface area (Å²) in [5.41, 5.74) is 2.44. The van der Waals surface area contributed by atoms with E-state index in [2.05, 4.69) is 15.9 Å². The van der Waals surface area contributed by atoms with Crippen molar-refractivity contribution in [2.45, 2.75) is 24.3 Å². The normalized spacial score (nSPS) is 14.8. The minimum atomic E-state index is -3.57. The Hall–Kier alpha value is -1.90. The monoisotopic (exact) mass is 479 g/mol. The maximum Gasteiger partial charge on any atom is 0.255 e. The first kappa shape index (κ1) is 21.8. The second kappa shape index (κ2) is 8.85. The quantitative estimate of drug-likeness (QED) is 0.635. The van der Waals surface area contributed by atoms with Crippen molar-refractivity contribution in [2.24, 2.45) is 0 Å². The Morgan fingerprint density at radius 1 is 1.03 bits per heavy atom. The predicted molar refractivity (Wildman–Crippen MR) is 119 cm³/mol. The van der Waals surface area contributed by atoms with Gasteiger partial charge in [-0.3, -0.25) is 4.79 Å². The van der Waals surface area contributed by atoms with Gasteiger partial charge in [0, 0.05) is 50.9 Å². The summed E-state index contributed by atoms with van der Waals surface area (Å²) in [7, 11) is 2.10. The predicted octanol–water partition coefficient (Wildman–Crippen LogP) is 3.57. The van der Waals surface area contributed by atoms with Crippen LogP contribution in [-0.4, -0.2) is 57.8 Å². The number of nitrogens with zero attached hydrogens (tertiary/aromatic N) is 3. The number of halogens is 1. The number of carbonyl (C=O) groups is 1. The lowest BCUT2D eigenvalue weighted by Crippen LogP contribution is -2.29. The summed E-state index contributed by atoms with van der Waals surface area (Å²) in [5, 5.41) is 0. The molecule has 156 valence electrons. The van der Waals surface area contributed by atoms with Crippen LogP contribution in [0.5, 0.6) is 0 Å². The topological polar surface area (TPSA) is 60.9 Å². The molecule has 1 aliphatic heterocycles. The fourth-order valence-electron chi connectivity index (χ4n) is 3.36. The molecule has 0 spiro atoms. The van der Waals surface area contributed by atoms with Gasteiger partial charge in [0.2, 0.25) is 10.0 Å². The van der Waals surface area contributed by atoms with Crippen LogP contribution in [0.15, 0.2) is 51.8 Å². The average Bonchev–Trinajstić information content (AvgIpc) is 3.23. The zero-order valence-corrected chi connectivity index (χ0v) is 19.3. The van der Waals surface area contributed by atoms with Crippen LogP contribution in [0.2, 0.25) is 0 Å². The third kappa shape index (κ3) is 4.82. The lowest BCUT2D eigenvalue weighted by Gasteiger charge is -2.20. The van der Waals surface area contributed by atoms with Gasteiger partial charge in [-0.05, 0) is 64.7 Å². The van der Waals surface area contributed by atoms with Gasteiger partial charge in [-0.25, -0.2) is 8.42 Å². The summed E-state index contributed by atoms with van der Waals surface area (Å²) in [5.74, 6) is -0.230. The molecule has 0 aliphatic carbocycles. The number of sulfonamides is 1. The van der Waals surface area contributed by atoms with Crippen molar-refractivity contribution in [3.63, 3.8) is 0 Å². The highest BCUT2D eigenvalue weighted by molar-refractivity contribution is 9.10. The lowest BCUT2D eigenvalue weighted by molar-refractivity contribution is 0.0784. The van der Waals surface area contributed by atoms with Crippen molar-refractivity contribution in [3.05, 3.63) is 58.1 Å². The highest BCUT2D eigenvalue weighted by atomic mass is 79.9. The molecule has 0 atom stereocenters. The molecule has 29 heavy (non-hydrogen) atoms. The zero-order chi connectivity index (χ0) is 21.2. The molecule has 3 rings (SSSR count). The molecule has 1 saturated heterocycles. The SMILES string of the molecule is CN(Cc1ccc(N(C)C)cc1)C(=O)c1cc(S(=O)(=O)N2CCCC2)ccc1Br. The van der Waals surface area contributed by atoms with Gasteiger partial charge in [0.05, 0.1) is 10.5 Å². The number of benzene rings is 2. The van der Waals surface area contributed by atoms with Crippen LogP contribution in [0.1, 0.15) is 28.8 Å². The summed E-state index contributed by atoms with van der Waals surface area (Å²) >= 11 is 3.40. The summed E-state index contributed by atoms with van der Waals surface area (Å²) in [4.78, 5) is 16.8. The molecule has 6 nitrogen and oxygen atoms in total. The van der Waals surface area contributed by atoms with E-state index in [4.69, 9.17) is 0 Å². The molecule has 1 heterocycles. The zero-order valence-electron chi connectivity index (χ0n) is 16.9. The van der Waals surface area contributed by atoms with Crippen molar-refractivity contribution in [1.82, 2.24) is 9.21 Å². The van der Waals surface area contributed by atoms with E-state index in [9.17, 15) is 13.2 Å².